The lowest BCUT2D eigenvalue weighted by Gasteiger charge is -2.30. The maximum Gasteiger partial charge on any atom is 0.281 e. The van der Waals surface area contributed by atoms with Gasteiger partial charge in [-0.1, -0.05) is 26.8 Å². The van der Waals surface area contributed by atoms with E-state index in [0.717, 1.165) is 12.8 Å². The quantitative estimate of drug-likeness (QED) is 0.424. The van der Waals surface area contributed by atoms with E-state index in [1.54, 1.807) is 12.1 Å². The smallest absolute Gasteiger partial charge is 0.281 e. The van der Waals surface area contributed by atoms with Crippen LogP contribution in [0.1, 0.15) is 44.0 Å². The zero-order valence-electron chi connectivity index (χ0n) is 22.1. The van der Waals surface area contributed by atoms with Crippen LogP contribution < -0.4 is 20.1 Å². The Hall–Kier alpha value is -3.73. The maximum absolute atomic E-state index is 14.5. The van der Waals surface area contributed by atoms with Crippen LogP contribution >= 0.6 is 0 Å². The summed E-state index contributed by atoms with van der Waals surface area (Å²) in [7, 11) is -4.28. The summed E-state index contributed by atoms with van der Waals surface area (Å²) in [6.45, 7) is 7.34. The van der Waals surface area contributed by atoms with Gasteiger partial charge in [0.15, 0.2) is 5.03 Å². The summed E-state index contributed by atoms with van der Waals surface area (Å²) < 4.78 is 48.2. The number of anilines is 2. The number of fused-ring (bicyclic) bond motifs is 2. The molecular weight excluding hydrogens is 521 g/mol. The topological polar surface area (TPSA) is 128 Å². The van der Waals surface area contributed by atoms with Crippen LogP contribution in [0, 0.1) is 23.6 Å². The number of nitrogens with two attached hydrogens (primary N) is 1. The van der Waals surface area contributed by atoms with E-state index in [0.29, 0.717) is 47.8 Å². The molecule has 1 aliphatic carbocycles. The third-order valence-electron chi connectivity index (χ3n) is 7.40. The molecule has 2 aromatic heterocycles. The Balaban J connectivity index is 1.52. The molecule has 1 amide bonds. The maximum atomic E-state index is 14.5. The minimum Gasteiger partial charge on any atom is -0.493 e. The van der Waals surface area contributed by atoms with Crippen LogP contribution in [-0.4, -0.2) is 43.5 Å². The summed E-state index contributed by atoms with van der Waals surface area (Å²) in [5, 5.41) is -0.357. The largest absolute Gasteiger partial charge is 0.493 e. The highest BCUT2D eigenvalue weighted by Gasteiger charge is 2.45. The molecule has 2 fully saturated rings. The first-order chi connectivity index (χ1) is 18.5. The molecule has 0 spiro atoms. The van der Waals surface area contributed by atoms with Crippen molar-refractivity contribution in [3.8, 4) is 17.0 Å². The number of carbonyl (C=O) groups excluding carboxylic acids is 1. The lowest BCUT2D eigenvalue weighted by atomic mass is 10.0. The number of hydrogen-bond donors (Lipinski definition) is 2. The van der Waals surface area contributed by atoms with E-state index in [1.807, 2.05) is 13.8 Å². The first-order valence-corrected chi connectivity index (χ1v) is 14.5. The fraction of sp³-hybridized carbons (Fsp3) is 0.393. The predicted octanol–water partition coefficient (Wildman–Crippen LogP) is 4.25. The molecule has 3 N–H and O–H groups in total. The van der Waals surface area contributed by atoms with Crippen molar-refractivity contribution in [2.75, 3.05) is 23.8 Å². The number of aromatic nitrogens is 2. The Labute approximate surface area is 227 Å². The van der Waals surface area contributed by atoms with Crippen LogP contribution in [0.5, 0.6) is 5.75 Å². The molecule has 1 saturated heterocycles. The molecule has 11 heteroatoms. The van der Waals surface area contributed by atoms with Crippen molar-refractivity contribution in [2.24, 2.45) is 17.8 Å². The van der Waals surface area contributed by atoms with Crippen molar-refractivity contribution in [2.45, 2.75) is 44.7 Å². The zero-order chi connectivity index (χ0) is 27.9. The highest BCUT2D eigenvalue weighted by molar-refractivity contribution is 7.90. The van der Waals surface area contributed by atoms with Gasteiger partial charge in [0.25, 0.3) is 15.9 Å². The van der Waals surface area contributed by atoms with E-state index < -0.39 is 21.7 Å². The molecule has 3 heterocycles. The minimum atomic E-state index is -4.28. The first-order valence-electron chi connectivity index (χ1n) is 13.0. The number of nitrogens with one attached hydrogen (secondary N) is 1. The van der Waals surface area contributed by atoms with E-state index in [1.165, 1.54) is 36.4 Å². The number of amides is 1. The summed E-state index contributed by atoms with van der Waals surface area (Å²) in [6, 6.07) is 11.9. The van der Waals surface area contributed by atoms with E-state index in [4.69, 9.17) is 15.5 Å². The van der Waals surface area contributed by atoms with Gasteiger partial charge < -0.3 is 15.4 Å². The second kappa shape index (κ2) is 10.4. The van der Waals surface area contributed by atoms with Crippen LogP contribution in [0.25, 0.3) is 11.3 Å². The van der Waals surface area contributed by atoms with Crippen LogP contribution in [0.3, 0.4) is 0 Å². The molecule has 1 saturated carbocycles. The molecule has 1 aromatic carbocycles. The molecule has 2 bridgehead atoms. The molecule has 206 valence electrons. The van der Waals surface area contributed by atoms with Crippen molar-refractivity contribution in [3.63, 3.8) is 0 Å². The number of piperidine rings is 1. The summed E-state index contributed by atoms with van der Waals surface area (Å²) in [4.78, 5) is 24.1. The monoisotopic (exact) mass is 553 g/mol. The molecule has 39 heavy (non-hydrogen) atoms. The van der Waals surface area contributed by atoms with Crippen molar-refractivity contribution >= 4 is 27.6 Å². The Bertz CT molecular complexity index is 1510. The third kappa shape index (κ3) is 5.54. The van der Waals surface area contributed by atoms with E-state index in [-0.39, 0.29) is 28.4 Å². The number of sulfonamides is 1. The second-order valence-corrected chi connectivity index (χ2v) is 12.3. The third-order valence-corrected chi connectivity index (χ3v) is 8.64. The van der Waals surface area contributed by atoms with Crippen molar-refractivity contribution in [3.05, 3.63) is 59.9 Å². The van der Waals surface area contributed by atoms with Gasteiger partial charge in [-0.15, -0.1) is 0 Å². The second-order valence-electron chi connectivity index (χ2n) is 10.7. The molecule has 1 aliphatic heterocycles. The van der Waals surface area contributed by atoms with Crippen LogP contribution in [-0.2, 0) is 10.0 Å². The number of carbonyl (C=O) groups is 1. The standard InChI is InChI=1S/C28H32FN5O4S/c1-16(2)15-38-21-12-19(11-20(29)13-21)23-9-8-22(27(31-23)34-14-18-7-10-24(34)17(18)3)28(35)33-39(36,37)26-6-4-5-25(30)32-26/h4-6,8-9,11-13,16-18,24H,7,10,14-15H2,1-3H3,(H2,30,32)(H,33,35)/t17-,18?,24?/m0/s1. The Morgan fingerprint density at radius 2 is 1.97 bits per heavy atom. The first kappa shape index (κ1) is 26.9. The Kier molecular flexibility index (Phi) is 7.19. The van der Waals surface area contributed by atoms with Crippen LogP contribution in [0.15, 0.2) is 53.6 Å². The summed E-state index contributed by atoms with van der Waals surface area (Å²) in [5.74, 6) is 0.622. The van der Waals surface area contributed by atoms with Crippen molar-refractivity contribution in [1.82, 2.24) is 14.7 Å². The number of nitrogens with zero attached hydrogens (tertiary/aromatic N) is 3. The molecule has 0 radical (unpaired) electrons. The Morgan fingerprint density at radius 1 is 1.18 bits per heavy atom. The summed E-state index contributed by atoms with van der Waals surface area (Å²) in [5.41, 5.74) is 6.69. The number of rotatable bonds is 8. The average Bonchev–Trinajstić information content (AvgIpc) is 3.40. The van der Waals surface area contributed by atoms with Gasteiger partial charge in [-0.3, -0.25) is 4.79 Å². The van der Waals surface area contributed by atoms with Gasteiger partial charge in [0.1, 0.15) is 23.2 Å². The lowest BCUT2D eigenvalue weighted by molar-refractivity contribution is 0.0981. The summed E-state index contributed by atoms with van der Waals surface area (Å²) >= 11 is 0. The van der Waals surface area contributed by atoms with Crippen LogP contribution in [0.2, 0.25) is 0 Å². The predicted molar refractivity (Wildman–Crippen MR) is 146 cm³/mol. The molecule has 5 rings (SSSR count). The van der Waals surface area contributed by atoms with Gasteiger partial charge in [-0.25, -0.2) is 19.1 Å². The van der Waals surface area contributed by atoms with E-state index in [9.17, 15) is 17.6 Å². The number of benzene rings is 1. The fourth-order valence-electron chi connectivity index (χ4n) is 5.43. The van der Waals surface area contributed by atoms with Gasteiger partial charge in [-0.2, -0.15) is 8.42 Å². The SMILES string of the molecule is CC(C)COc1cc(F)cc(-c2ccc(C(=O)NS(=O)(=O)c3cccc(N)n3)c(N3CC4CCC3[C@H]4C)n2)c1. The van der Waals surface area contributed by atoms with Gasteiger partial charge >= 0.3 is 0 Å². The van der Waals surface area contributed by atoms with Crippen molar-refractivity contribution < 1.29 is 22.3 Å². The number of nitrogen functional groups attached to an aromatic ring is 1. The van der Waals surface area contributed by atoms with Gasteiger partial charge in [0, 0.05) is 24.2 Å². The normalized spacial score (nSPS) is 20.4. The molecule has 2 aliphatic rings. The van der Waals surface area contributed by atoms with Gasteiger partial charge in [0.2, 0.25) is 0 Å². The van der Waals surface area contributed by atoms with E-state index >= 15 is 0 Å². The zero-order valence-corrected chi connectivity index (χ0v) is 22.9. The number of pyridine rings is 2. The number of ether oxygens (including phenoxy) is 1. The molecule has 2 unspecified atom stereocenters. The van der Waals surface area contributed by atoms with Gasteiger partial charge in [-0.05, 0) is 67.0 Å². The molecular formula is C28H32FN5O4S. The Morgan fingerprint density at radius 3 is 2.64 bits per heavy atom. The van der Waals surface area contributed by atoms with Gasteiger partial charge in [0.05, 0.1) is 17.9 Å². The summed E-state index contributed by atoms with van der Waals surface area (Å²) in [6.07, 6.45) is 2.05. The van der Waals surface area contributed by atoms with Crippen molar-refractivity contribution in [1.29, 1.82) is 0 Å². The highest BCUT2D eigenvalue weighted by Crippen LogP contribution is 2.45. The fourth-order valence-corrected chi connectivity index (χ4v) is 6.37. The molecule has 3 atom stereocenters. The minimum absolute atomic E-state index is 0.0194. The number of halogens is 1. The highest BCUT2D eigenvalue weighted by atomic mass is 32.2. The molecule has 9 nitrogen and oxygen atoms in total. The van der Waals surface area contributed by atoms with Crippen LogP contribution in [0.4, 0.5) is 16.0 Å². The lowest BCUT2D eigenvalue weighted by Crippen LogP contribution is -2.37. The average molecular weight is 554 g/mol. The van der Waals surface area contributed by atoms with E-state index in [2.05, 4.69) is 21.5 Å². The number of hydrogen-bond acceptors (Lipinski definition) is 8. The molecule has 3 aromatic rings.